The second-order valence-electron chi connectivity index (χ2n) is 4.98. The van der Waals surface area contributed by atoms with Crippen molar-refractivity contribution in [2.24, 2.45) is 0 Å². The molecule has 2 aromatic rings. The van der Waals surface area contributed by atoms with Gasteiger partial charge in [0.2, 0.25) is 0 Å². The molecule has 0 aromatic carbocycles. The molecule has 5 heteroatoms. The minimum absolute atomic E-state index is 0.0758. The van der Waals surface area contributed by atoms with Gasteiger partial charge in [-0.05, 0) is 24.3 Å². The monoisotopic (exact) mass is 254 g/mol. The van der Waals surface area contributed by atoms with E-state index in [1.807, 2.05) is 46.0 Å². The molecule has 1 saturated heterocycles. The minimum atomic E-state index is -0.496. The molecule has 0 spiro atoms. The van der Waals surface area contributed by atoms with Crippen LogP contribution in [0, 0.1) is 0 Å². The van der Waals surface area contributed by atoms with Gasteiger partial charge in [-0.3, -0.25) is 15.1 Å². The lowest BCUT2D eigenvalue weighted by Gasteiger charge is -2.42. The van der Waals surface area contributed by atoms with Gasteiger partial charge in [-0.25, -0.2) is 0 Å². The SMILES string of the molecule is O=C1c2cccn2CC2(c3ccccn3)NCCN12. The number of rotatable bonds is 1. The Morgan fingerprint density at radius 2 is 2.21 bits per heavy atom. The van der Waals surface area contributed by atoms with E-state index in [-0.39, 0.29) is 5.91 Å². The number of aromatic nitrogens is 2. The Labute approximate surface area is 110 Å². The number of carbonyl (C=O) groups is 1. The Bertz CT molecular complexity index is 636. The van der Waals surface area contributed by atoms with Crippen LogP contribution in [0.1, 0.15) is 16.2 Å². The summed E-state index contributed by atoms with van der Waals surface area (Å²) in [4.78, 5) is 18.9. The number of carbonyl (C=O) groups excluding carboxylic acids is 1. The molecule has 96 valence electrons. The topological polar surface area (TPSA) is 50.2 Å². The average molecular weight is 254 g/mol. The molecule has 1 amide bonds. The third kappa shape index (κ3) is 1.33. The predicted octanol–water partition coefficient (Wildman–Crippen LogP) is 0.795. The Kier molecular flexibility index (Phi) is 2.08. The van der Waals surface area contributed by atoms with Gasteiger partial charge in [0.1, 0.15) is 5.69 Å². The van der Waals surface area contributed by atoms with Crippen molar-refractivity contribution >= 4 is 5.91 Å². The molecule has 5 nitrogen and oxygen atoms in total. The van der Waals surface area contributed by atoms with Crippen LogP contribution in [0.15, 0.2) is 42.7 Å². The van der Waals surface area contributed by atoms with Gasteiger partial charge in [0.15, 0.2) is 5.66 Å². The summed E-state index contributed by atoms with van der Waals surface area (Å²) < 4.78 is 2.01. The summed E-state index contributed by atoms with van der Waals surface area (Å²) in [5.41, 5.74) is 1.17. The number of nitrogens with zero attached hydrogens (tertiary/aromatic N) is 3. The van der Waals surface area contributed by atoms with Crippen LogP contribution in [-0.4, -0.2) is 33.4 Å². The van der Waals surface area contributed by atoms with Crippen molar-refractivity contribution in [2.75, 3.05) is 13.1 Å². The van der Waals surface area contributed by atoms with E-state index in [9.17, 15) is 4.79 Å². The van der Waals surface area contributed by atoms with Gasteiger partial charge >= 0.3 is 0 Å². The maximum absolute atomic E-state index is 12.6. The second-order valence-corrected chi connectivity index (χ2v) is 4.98. The molecule has 19 heavy (non-hydrogen) atoms. The van der Waals surface area contributed by atoms with Crippen LogP contribution < -0.4 is 5.32 Å². The number of hydrogen-bond acceptors (Lipinski definition) is 3. The van der Waals surface area contributed by atoms with E-state index in [0.29, 0.717) is 6.54 Å². The van der Waals surface area contributed by atoms with Crippen molar-refractivity contribution in [1.82, 2.24) is 19.8 Å². The molecule has 1 N–H and O–H groups in total. The molecular formula is C14H14N4O. The largest absolute Gasteiger partial charge is 0.339 e. The van der Waals surface area contributed by atoms with Crippen LogP contribution in [0.4, 0.5) is 0 Å². The van der Waals surface area contributed by atoms with Gasteiger partial charge in [0, 0.05) is 25.5 Å². The van der Waals surface area contributed by atoms with Crippen LogP contribution in [0.5, 0.6) is 0 Å². The first-order chi connectivity index (χ1) is 9.31. The number of amides is 1. The summed E-state index contributed by atoms with van der Waals surface area (Å²) in [6.07, 6.45) is 3.73. The molecular weight excluding hydrogens is 240 g/mol. The third-order valence-electron chi connectivity index (χ3n) is 4.00. The highest BCUT2D eigenvalue weighted by Crippen LogP contribution is 2.35. The molecule has 0 saturated carbocycles. The molecule has 2 aliphatic rings. The van der Waals surface area contributed by atoms with Crippen LogP contribution >= 0.6 is 0 Å². The van der Waals surface area contributed by atoms with Gasteiger partial charge in [0.25, 0.3) is 5.91 Å². The van der Waals surface area contributed by atoms with Crippen molar-refractivity contribution in [1.29, 1.82) is 0 Å². The second kappa shape index (κ2) is 3.68. The standard InChI is InChI=1S/C14H14N4O/c19-13-11-4-3-8-17(11)10-14(16-7-9-18(13)14)12-5-1-2-6-15-12/h1-6,8,16H,7,9-10H2. The Balaban J connectivity index is 1.90. The van der Waals surface area contributed by atoms with Gasteiger partial charge in [-0.15, -0.1) is 0 Å². The zero-order chi connectivity index (χ0) is 12.9. The lowest BCUT2D eigenvalue weighted by molar-refractivity contribution is 0.0383. The van der Waals surface area contributed by atoms with E-state index in [0.717, 1.165) is 24.5 Å². The van der Waals surface area contributed by atoms with E-state index in [1.54, 1.807) is 6.20 Å². The van der Waals surface area contributed by atoms with Crippen molar-refractivity contribution in [3.63, 3.8) is 0 Å². The zero-order valence-electron chi connectivity index (χ0n) is 10.4. The summed E-state index contributed by atoms with van der Waals surface area (Å²) in [7, 11) is 0. The number of nitrogens with one attached hydrogen (secondary N) is 1. The molecule has 0 radical (unpaired) electrons. The summed E-state index contributed by atoms with van der Waals surface area (Å²) in [6.45, 7) is 2.23. The van der Waals surface area contributed by atoms with Crippen LogP contribution in [0.3, 0.4) is 0 Å². The fourth-order valence-electron chi connectivity index (χ4n) is 3.13. The Hall–Kier alpha value is -2.14. The highest BCUT2D eigenvalue weighted by Gasteiger charge is 2.50. The molecule has 1 atom stereocenters. The normalized spacial score (nSPS) is 25.3. The fraction of sp³-hybridized carbons (Fsp3) is 0.286. The van der Waals surface area contributed by atoms with Gasteiger partial charge < -0.3 is 9.47 Å². The maximum atomic E-state index is 12.6. The number of pyridine rings is 1. The molecule has 1 unspecified atom stereocenters. The van der Waals surface area contributed by atoms with Crippen molar-refractivity contribution in [3.8, 4) is 0 Å². The predicted molar refractivity (Wildman–Crippen MR) is 69.4 cm³/mol. The highest BCUT2D eigenvalue weighted by atomic mass is 16.2. The first-order valence-corrected chi connectivity index (χ1v) is 6.45. The van der Waals surface area contributed by atoms with Crippen molar-refractivity contribution < 1.29 is 4.79 Å². The molecule has 4 rings (SSSR count). The smallest absolute Gasteiger partial charge is 0.272 e. The van der Waals surface area contributed by atoms with E-state index in [1.165, 1.54) is 0 Å². The van der Waals surface area contributed by atoms with E-state index < -0.39 is 5.66 Å². The molecule has 2 aliphatic heterocycles. The summed E-state index contributed by atoms with van der Waals surface area (Å²) >= 11 is 0. The zero-order valence-corrected chi connectivity index (χ0v) is 10.4. The van der Waals surface area contributed by atoms with Crippen molar-refractivity contribution in [2.45, 2.75) is 12.2 Å². The molecule has 1 fully saturated rings. The number of hydrogen-bond donors (Lipinski definition) is 1. The summed E-state index contributed by atoms with van der Waals surface area (Å²) in [5.74, 6) is 0.0758. The van der Waals surface area contributed by atoms with Crippen LogP contribution in [0.2, 0.25) is 0 Å². The van der Waals surface area contributed by atoms with Gasteiger partial charge in [0.05, 0.1) is 12.2 Å². The fourth-order valence-corrected chi connectivity index (χ4v) is 3.13. The van der Waals surface area contributed by atoms with Crippen LogP contribution in [0.25, 0.3) is 0 Å². The average Bonchev–Trinajstić information content (AvgIpc) is 3.07. The Morgan fingerprint density at radius 1 is 1.26 bits per heavy atom. The molecule has 4 heterocycles. The summed E-state index contributed by atoms with van der Waals surface area (Å²) in [6, 6.07) is 9.63. The Morgan fingerprint density at radius 3 is 3.05 bits per heavy atom. The minimum Gasteiger partial charge on any atom is -0.339 e. The first-order valence-electron chi connectivity index (χ1n) is 6.45. The maximum Gasteiger partial charge on any atom is 0.272 e. The summed E-state index contributed by atoms with van der Waals surface area (Å²) in [5, 5.41) is 3.47. The molecule has 0 aliphatic carbocycles. The van der Waals surface area contributed by atoms with E-state index in [4.69, 9.17) is 0 Å². The third-order valence-corrected chi connectivity index (χ3v) is 4.00. The molecule has 2 aromatic heterocycles. The van der Waals surface area contributed by atoms with Crippen LogP contribution in [-0.2, 0) is 12.2 Å². The quantitative estimate of drug-likeness (QED) is 0.818. The lowest BCUT2D eigenvalue weighted by atomic mass is 10.0. The highest BCUT2D eigenvalue weighted by molar-refractivity contribution is 5.94. The van der Waals surface area contributed by atoms with Gasteiger partial charge in [-0.2, -0.15) is 0 Å². The molecule has 0 bridgehead atoms. The van der Waals surface area contributed by atoms with E-state index in [2.05, 4.69) is 10.3 Å². The van der Waals surface area contributed by atoms with Crippen molar-refractivity contribution in [3.05, 3.63) is 54.1 Å². The first kappa shape index (κ1) is 10.8. The van der Waals surface area contributed by atoms with Gasteiger partial charge in [-0.1, -0.05) is 6.07 Å². The van der Waals surface area contributed by atoms with E-state index >= 15 is 0 Å². The number of fused-ring (bicyclic) bond motifs is 2. The lowest BCUT2D eigenvalue weighted by Crippen LogP contribution is -2.57.